The summed E-state index contributed by atoms with van der Waals surface area (Å²) in [6.45, 7) is 2.48. The first-order valence-corrected chi connectivity index (χ1v) is 6.84. The van der Waals surface area contributed by atoms with Gasteiger partial charge in [-0.2, -0.15) is 0 Å². The van der Waals surface area contributed by atoms with Gasteiger partial charge in [0.05, 0.1) is 12.0 Å². The normalized spacial score (nSPS) is 26.4. The molecule has 2 aliphatic rings. The third-order valence-electron chi connectivity index (χ3n) is 4.23. The van der Waals surface area contributed by atoms with Gasteiger partial charge < -0.3 is 20.1 Å². The lowest BCUT2D eigenvalue weighted by atomic mass is 9.78. The molecule has 0 spiro atoms. The highest BCUT2D eigenvalue weighted by molar-refractivity contribution is 5.88. The van der Waals surface area contributed by atoms with E-state index in [1.807, 2.05) is 0 Å². The Morgan fingerprint density at radius 1 is 1.42 bits per heavy atom. The number of hydrogen-bond donors (Lipinski definition) is 2. The number of aliphatic carboxylic acids is 1. The average Bonchev–Trinajstić information content (AvgIpc) is 2.88. The van der Waals surface area contributed by atoms with E-state index in [0.717, 1.165) is 19.5 Å². The number of likely N-dealkylation sites (tertiary alicyclic amines) is 1. The van der Waals surface area contributed by atoms with E-state index in [1.54, 1.807) is 12.0 Å². The van der Waals surface area contributed by atoms with Crippen molar-refractivity contribution < 1.29 is 19.4 Å². The highest BCUT2D eigenvalue weighted by Gasteiger charge is 2.46. The van der Waals surface area contributed by atoms with Crippen LogP contribution in [0.25, 0.3) is 0 Å². The molecule has 108 valence electrons. The van der Waals surface area contributed by atoms with Crippen LogP contribution in [0.5, 0.6) is 0 Å². The fourth-order valence-corrected chi connectivity index (χ4v) is 3.17. The molecule has 19 heavy (non-hydrogen) atoms. The van der Waals surface area contributed by atoms with Crippen molar-refractivity contribution in [2.24, 2.45) is 5.41 Å². The third-order valence-corrected chi connectivity index (χ3v) is 4.23. The van der Waals surface area contributed by atoms with Crippen LogP contribution in [0.1, 0.15) is 25.7 Å². The smallest absolute Gasteiger partial charge is 0.326 e. The Labute approximate surface area is 113 Å². The zero-order valence-electron chi connectivity index (χ0n) is 11.4. The topological polar surface area (TPSA) is 78.9 Å². The van der Waals surface area contributed by atoms with Gasteiger partial charge in [0.2, 0.25) is 5.91 Å². The van der Waals surface area contributed by atoms with Gasteiger partial charge in [0.25, 0.3) is 0 Å². The number of hydrogen-bond acceptors (Lipinski definition) is 4. The van der Waals surface area contributed by atoms with Crippen LogP contribution in [0, 0.1) is 5.41 Å². The molecule has 0 aromatic rings. The largest absolute Gasteiger partial charge is 0.480 e. The minimum atomic E-state index is -0.896. The lowest BCUT2D eigenvalue weighted by Crippen LogP contribution is -2.54. The number of piperidine rings is 1. The van der Waals surface area contributed by atoms with Crippen molar-refractivity contribution >= 4 is 11.9 Å². The second-order valence-corrected chi connectivity index (χ2v) is 5.46. The fraction of sp³-hybridized carbons (Fsp3) is 0.846. The SMILES string of the molecule is COCC1(C(=O)N2CCC[C@@H]2C(=O)O)CCNCC1. The van der Waals surface area contributed by atoms with Gasteiger partial charge in [-0.25, -0.2) is 4.79 Å². The van der Waals surface area contributed by atoms with Gasteiger partial charge in [-0.05, 0) is 38.8 Å². The van der Waals surface area contributed by atoms with Crippen molar-refractivity contribution in [3.63, 3.8) is 0 Å². The van der Waals surface area contributed by atoms with E-state index in [9.17, 15) is 14.7 Å². The van der Waals surface area contributed by atoms with Crippen LogP contribution >= 0.6 is 0 Å². The zero-order valence-corrected chi connectivity index (χ0v) is 11.4. The van der Waals surface area contributed by atoms with E-state index in [2.05, 4.69) is 5.32 Å². The Morgan fingerprint density at radius 3 is 2.68 bits per heavy atom. The summed E-state index contributed by atoms with van der Waals surface area (Å²) in [7, 11) is 1.59. The number of carboxylic acids is 1. The van der Waals surface area contributed by atoms with Crippen LogP contribution in [0.3, 0.4) is 0 Å². The summed E-state index contributed by atoms with van der Waals surface area (Å²) >= 11 is 0. The number of carbonyl (C=O) groups excluding carboxylic acids is 1. The Morgan fingerprint density at radius 2 is 2.11 bits per heavy atom. The van der Waals surface area contributed by atoms with Crippen LogP contribution < -0.4 is 5.32 Å². The first-order valence-electron chi connectivity index (χ1n) is 6.84. The van der Waals surface area contributed by atoms with Crippen molar-refractivity contribution in [2.45, 2.75) is 31.7 Å². The minimum Gasteiger partial charge on any atom is -0.480 e. The molecular weight excluding hydrogens is 248 g/mol. The molecule has 0 bridgehead atoms. The van der Waals surface area contributed by atoms with Gasteiger partial charge >= 0.3 is 5.97 Å². The first-order chi connectivity index (χ1) is 9.10. The Balaban J connectivity index is 2.16. The molecule has 0 aliphatic carbocycles. The average molecular weight is 270 g/mol. The summed E-state index contributed by atoms with van der Waals surface area (Å²) < 4.78 is 5.24. The summed E-state index contributed by atoms with van der Waals surface area (Å²) in [5.41, 5.74) is -0.544. The van der Waals surface area contributed by atoms with Crippen LogP contribution in [-0.2, 0) is 14.3 Å². The molecule has 2 saturated heterocycles. The maximum atomic E-state index is 12.8. The number of carbonyl (C=O) groups is 2. The molecule has 2 fully saturated rings. The molecule has 2 aliphatic heterocycles. The highest BCUT2D eigenvalue weighted by Crippen LogP contribution is 2.34. The molecule has 2 rings (SSSR count). The summed E-state index contributed by atoms with van der Waals surface area (Å²) in [6.07, 6.45) is 2.75. The van der Waals surface area contributed by atoms with Crippen LogP contribution in [-0.4, -0.2) is 61.3 Å². The molecule has 2 heterocycles. The Bertz CT molecular complexity index is 347. The predicted octanol–water partition coefficient (Wildman–Crippen LogP) is 0.0782. The van der Waals surface area contributed by atoms with Crippen LogP contribution in [0.15, 0.2) is 0 Å². The molecule has 0 saturated carbocycles. The van der Waals surface area contributed by atoms with Crippen LogP contribution in [0.4, 0.5) is 0 Å². The molecule has 6 nitrogen and oxygen atoms in total. The molecule has 2 N–H and O–H groups in total. The second kappa shape index (κ2) is 5.88. The minimum absolute atomic E-state index is 0.0410. The number of amides is 1. The number of carboxylic acid groups (broad SMARTS) is 1. The molecule has 0 radical (unpaired) electrons. The van der Waals surface area contributed by atoms with Gasteiger partial charge in [-0.15, -0.1) is 0 Å². The fourth-order valence-electron chi connectivity index (χ4n) is 3.17. The van der Waals surface area contributed by atoms with Crippen molar-refractivity contribution in [3.8, 4) is 0 Å². The molecule has 0 aromatic heterocycles. The van der Waals surface area contributed by atoms with Crippen molar-refractivity contribution in [2.75, 3.05) is 33.4 Å². The van der Waals surface area contributed by atoms with Gasteiger partial charge in [0.1, 0.15) is 6.04 Å². The standard InChI is InChI=1S/C13H22N2O4/c1-19-9-13(4-6-14-7-5-13)12(18)15-8-2-3-10(15)11(16)17/h10,14H,2-9H2,1H3,(H,16,17)/t10-/m1/s1. The van der Waals surface area contributed by atoms with Crippen molar-refractivity contribution in [1.82, 2.24) is 10.2 Å². The monoisotopic (exact) mass is 270 g/mol. The first kappa shape index (κ1) is 14.3. The maximum Gasteiger partial charge on any atom is 0.326 e. The zero-order chi connectivity index (χ0) is 13.9. The van der Waals surface area contributed by atoms with Gasteiger partial charge in [0.15, 0.2) is 0 Å². The molecule has 0 unspecified atom stereocenters. The molecular formula is C13H22N2O4. The van der Waals surface area contributed by atoms with E-state index >= 15 is 0 Å². The number of rotatable bonds is 4. The molecule has 1 amide bonds. The predicted molar refractivity (Wildman–Crippen MR) is 68.8 cm³/mol. The summed E-state index contributed by atoms with van der Waals surface area (Å²) in [5.74, 6) is -0.937. The molecule has 1 atom stereocenters. The Kier molecular flexibility index (Phi) is 4.42. The third kappa shape index (κ3) is 2.74. The summed E-state index contributed by atoms with van der Waals surface area (Å²) in [6, 6.07) is -0.656. The van der Waals surface area contributed by atoms with E-state index in [0.29, 0.717) is 32.4 Å². The lowest BCUT2D eigenvalue weighted by molar-refractivity contribution is -0.156. The maximum absolute atomic E-state index is 12.8. The second-order valence-electron chi connectivity index (χ2n) is 5.46. The lowest BCUT2D eigenvalue weighted by Gasteiger charge is -2.39. The molecule has 6 heteroatoms. The van der Waals surface area contributed by atoms with Crippen molar-refractivity contribution in [1.29, 1.82) is 0 Å². The van der Waals surface area contributed by atoms with Gasteiger partial charge in [-0.1, -0.05) is 0 Å². The number of nitrogens with one attached hydrogen (secondary N) is 1. The number of ether oxygens (including phenoxy) is 1. The number of methoxy groups -OCH3 is 1. The summed E-state index contributed by atoms with van der Waals surface area (Å²) in [5, 5.41) is 12.4. The van der Waals surface area contributed by atoms with E-state index in [4.69, 9.17) is 4.74 Å². The summed E-state index contributed by atoms with van der Waals surface area (Å²) in [4.78, 5) is 25.6. The Hall–Kier alpha value is -1.14. The van der Waals surface area contributed by atoms with Crippen molar-refractivity contribution in [3.05, 3.63) is 0 Å². The highest BCUT2D eigenvalue weighted by atomic mass is 16.5. The molecule has 0 aromatic carbocycles. The quantitative estimate of drug-likeness (QED) is 0.756. The van der Waals surface area contributed by atoms with Crippen LogP contribution in [0.2, 0.25) is 0 Å². The van der Waals surface area contributed by atoms with E-state index < -0.39 is 17.4 Å². The number of nitrogens with zero attached hydrogens (tertiary/aromatic N) is 1. The van der Waals surface area contributed by atoms with E-state index in [-0.39, 0.29) is 5.91 Å². The van der Waals surface area contributed by atoms with E-state index in [1.165, 1.54) is 0 Å². The van der Waals surface area contributed by atoms with Gasteiger partial charge in [0, 0.05) is 13.7 Å². The van der Waals surface area contributed by atoms with Gasteiger partial charge in [-0.3, -0.25) is 4.79 Å².